The van der Waals surface area contributed by atoms with Crippen molar-refractivity contribution in [3.63, 3.8) is 0 Å². The number of carbonyl (C=O) groups excluding carboxylic acids is 1. The first-order valence-corrected chi connectivity index (χ1v) is 6.91. The summed E-state index contributed by atoms with van der Waals surface area (Å²) in [6.45, 7) is 2.73. The summed E-state index contributed by atoms with van der Waals surface area (Å²) >= 11 is 0. The van der Waals surface area contributed by atoms with Gasteiger partial charge in [0.25, 0.3) is 0 Å². The highest BCUT2D eigenvalue weighted by Crippen LogP contribution is 2.20. The third-order valence-electron chi connectivity index (χ3n) is 3.06. The maximum Gasteiger partial charge on any atom is 0.340 e. The first-order valence-electron chi connectivity index (χ1n) is 6.91. The van der Waals surface area contributed by atoms with E-state index in [4.69, 9.17) is 0 Å². The summed E-state index contributed by atoms with van der Waals surface area (Å²) in [4.78, 5) is 11.3. The number of halogens is 2. The number of benzene rings is 1. The molecule has 0 spiro atoms. The Balaban J connectivity index is 2.59. The third kappa shape index (κ3) is 4.79. The monoisotopic (exact) mass is 285 g/mol. The van der Waals surface area contributed by atoms with Crippen LogP contribution in [0.25, 0.3) is 0 Å². The molecule has 0 aliphatic heterocycles. The highest BCUT2D eigenvalue weighted by Gasteiger charge is 2.16. The van der Waals surface area contributed by atoms with E-state index >= 15 is 0 Å². The fraction of sp³-hybridized carbons (Fsp3) is 0.533. The number of nitrogens with one attached hydrogen (secondary N) is 1. The molecule has 0 amide bonds. The Bertz CT molecular complexity index is 450. The molecule has 0 aliphatic carbocycles. The lowest BCUT2D eigenvalue weighted by Crippen LogP contribution is -2.09. The predicted octanol–water partition coefficient (Wildman–Crippen LogP) is 4.13. The minimum atomic E-state index is -0.914. The second-order valence-electron chi connectivity index (χ2n) is 4.64. The van der Waals surface area contributed by atoms with Crippen molar-refractivity contribution in [3.05, 3.63) is 29.3 Å². The van der Waals surface area contributed by atoms with Gasteiger partial charge in [-0.05, 0) is 12.5 Å². The molecular formula is C15H21F2NO2. The van der Waals surface area contributed by atoms with Crippen molar-refractivity contribution in [1.29, 1.82) is 0 Å². The molecule has 1 aromatic carbocycles. The highest BCUT2D eigenvalue weighted by atomic mass is 19.1. The average Bonchev–Trinajstić information content (AvgIpc) is 2.43. The van der Waals surface area contributed by atoms with Crippen LogP contribution in [0.4, 0.5) is 14.5 Å². The Kier molecular flexibility index (Phi) is 6.98. The van der Waals surface area contributed by atoms with E-state index < -0.39 is 17.6 Å². The van der Waals surface area contributed by atoms with Gasteiger partial charge in [-0.25, -0.2) is 13.6 Å². The van der Waals surface area contributed by atoms with Crippen LogP contribution in [-0.2, 0) is 4.74 Å². The molecule has 20 heavy (non-hydrogen) atoms. The average molecular weight is 285 g/mol. The fourth-order valence-electron chi connectivity index (χ4n) is 1.90. The minimum Gasteiger partial charge on any atom is -0.465 e. The van der Waals surface area contributed by atoms with Gasteiger partial charge in [0, 0.05) is 12.6 Å². The Hall–Kier alpha value is -1.65. The van der Waals surface area contributed by atoms with E-state index in [0.717, 1.165) is 32.4 Å². The standard InChI is InChI=1S/C15H21F2NO2/c1-3-4-5-6-7-8-18-14-9-11(15(19)20-2)12(16)10-13(14)17/h9-10,18H,3-8H2,1-2H3. The van der Waals surface area contributed by atoms with Crippen LogP contribution in [0, 0.1) is 11.6 Å². The van der Waals surface area contributed by atoms with Crippen LogP contribution in [-0.4, -0.2) is 19.6 Å². The zero-order valence-corrected chi connectivity index (χ0v) is 12.0. The predicted molar refractivity (Wildman–Crippen MR) is 74.9 cm³/mol. The van der Waals surface area contributed by atoms with Gasteiger partial charge in [0.05, 0.1) is 18.4 Å². The Morgan fingerprint density at radius 3 is 2.50 bits per heavy atom. The van der Waals surface area contributed by atoms with Crippen molar-refractivity contribution in [3.8, 4) is 0 Å². The SMILES string of the molecule is CCCCCCCNc1cc(C(=O)OC)c(F)cc1F. The van der Waals surface area contributed by atoms with Crippen molar-refractivity contribution >= 4 is 11.7 Å². The molecule has 0 saturated carbocycles. The van der Waals surface area contributed by atoms with Crippen molar-refractivity contribution in [2.45, 2.75) is 39.0 Å². The summed E-state index contributed by atoms with van der Waals surface area (Å²) in [5.74, 6) is -2.43. The summed E-state index contributed by atoms with van der Waals surface area (Å²) in [6, 6.07) is 1.86. The van der Waals surface area contributed by atoms with E-state index in [-0.39, 0.29) is 11.3 Å². The Morgan fingerprint density at radius 2 is 1.85 bits per heavy atom. The van der Waals surface area contributed by atoms with Crippen LogP contribution in [0.2, 0.25) is 0 Å². The number of unbranched alkanes of at least 4 members (excludes halogenated alkanes) is 4. The summed E-state index contributed by atoms with van der Waals surface area (Å²) in [7, 11) is 1.16. The normalized spacial score (nSPS) is 10.4. The summed E-state index contributed by atoms with van der Waals surface area (Å²) < 4.78 is 31.5. The van der Waals surface area contributed by atoms with Gasteiger partial charge in [-0.1, -0.05) is 32.6 Å². The molecule has 0 heterocycles. The molecule has 0 aliphatic rings. The Morgan fingerprint density at radius 1 is 1.15 bits per heavy atom. The highest BCUT2D eigenvalue weighted by molar-refractivity contribution is 5.90. The number of esters is 1. The summed E-state index contributed by atoms with van der Waals surface area (Å²) in [5, 5.41) is 2.89. The van der Waals surface area contributed by atoms with Gasteiger partial charge in [0.15, 0.2) is 0 Å². The van der Waals surface area contributed by atoms with Crippen LogP contribution in [0.1, 0.15) is 49.4 Å². The second kappa shape index (κ2) is 8.51. The van der Waals surface area contributed by atoms with E-state index in [1.165, 1.54) is 12.8 Å². The quantitative estimate of drug-likeness (QED) is 0.576. The van der Waals surface area contributed by atoms with Crippen LogP contribution in [0.5, 0.6) is 0 Å². The Labute approximate surface area is 118 Å². The smallest absolute Gasteiger partial charge is 0.340 e. The lowest BCUT2D eigenvalue weighted by molar-refractivity contribution is 0.0595. The number of methoxy groups -OCH3 is 1. The van der Waals surface area contributed by atoms with Gasteiger partial charge < -0.3 is 10.1 Å². The van der Waals surface area contributed by atoms with Crippen molar-refractivity contribution in [2.24, 2.45) is 0 Å². The molecule has 0 radical (unpaired) electrons. The maximum atomic E-state index is 13.6. The minimum absolute atomic E-state index is 0.127. The van der Waals surface area contributed by atoms with E-state index in [1.54, 1.807) is 0 Å². The first-order chi connectivity index (χ1) is 9.60. The van der Waals surface area contributed by atoms with E-state index in [2.05, 4.69) is 17.0 Å². The van der Waals surface area contributed by atoms with Crippen molar-refractivity contribution in [2.75, 3.05) is 19.0 Å². The molecule has 0 atom stereocenters. The number of hydrogen-bond acceptors (Lipinski definition) is 3. The number of rotatable bonds is 8. The van der Waals surface area contributed by atoms with Gasteiger partial charge in [0.1, 0.15) is 11.6 Å². The summed E-state index contributed by atoms with van der Waals surface area (Å²) in [5.41, 5.74) is -0.135. The molecule has 0 aromatic heterocycles. The molecule has 112 valence electrons. The number of hydrogen-bond donors (Lipinski definition) is 1. The number of carbonyl (C=O) groups is 1. The van der Waals surface area contributed by atoms with Gasteiger partial charge >= 0.3 is 5.97 Å². The largest absolute Gasteiger partial charge is 0.465 e. The molecular weight excluding hydrogens is 264 g/mol. The molecule has 3 nitrogen and oxygen atoms in total. The van der Waals surface area contributed by atoms with E-state index in [9.17, 15) is 13.6 Å². The molecule has 1 N–H and O–H groups in total. The topological polar surface area (TPSA) is 38.3 Å². The number of ether oxygens (including phenoxy) is 1. The molecule has 1 aromatic rings. The van der Waals surface area contributed by atoms with Crippen LogP contribution >= 0.6 is 0 Å². The zero-order valence-electron chi connectivity index (χ0n) is 12.0. The summed E-state index contributed by atoms with van der Waals surface area (Å²) in [6.07, 6.45) is 5.48. The van der Waals surface area contributed by atoms with Crippen LogP contribution < -0.4 is 5.32 Å². The molecule has 5 heteroatoms. The lowest BCUT2D eigenvalue weighted by atomic mass is 10.1. The van der Waals surface area contributed by atoms with Crippen molar-refractivity contribution in [1.82, 2.24) is 0 Å². The lowest BCUT2D eigenvalue weighted by Gasteiger charge is -2.10. The fourth-order valence-corrected chi connectivity index (χ4v) is 1.90. The molecule has 0 fully saturated rings. The van der Waals surface area contributed by atoms with Gasteiger partial charge in [-0.15, -0.1) is 0 Å². The third-order valence-corrected chi connectivity index (χ3v) is 3.06. The molecule has 1 rings (SSSR count). The molecule has 0 unspecified atom stereocenters. The van der Waals surface area contributed by atoms with Crippen LogP contribution in [0.15, 0.2) is 12.1 Å². The van der Waals surface area contributed by atoms with E-state index in [1.807, 2.05) is 0 Å². The number of anilines is 1. The second-order valence-corrected chi connectivity index (χ2v) is 4.64. The van der Waals surface area contributed by atoms with E-state index in [0.29, 0.717) is 12.6 Å². The van der Waals surface area contributed by atoms with Gasteiger partial charge in [0.2, 0.25) is 0 Å². The molecule has 0 bridgehead atoms. The maximum absolute atomic E-state index is 13.6. The van der Waals surface area contributed by atoms with Crippen molar-refractivity contribution < 1.29 is 18.3 Å². The van der Waals surface area contributed by atoms with Crippen LogP contribution in [0.3, 0.4) is 0 Å². The van der Waals surface area contributed by atoms with Gasteiger partial charge in [-0.3, -0.25) is 0 Å². The first kappa shape index (κ1) is 16.4. The zero-order chi connectivity index (χ0) is 15.0. The molecule has 0 saturated heterocycles. The van der Waals surface area contributed by atoms with Gasteiger partial charge in [-0.2, -0.15) is 0 Å².